The van der Waals surface area contributed by atoms with Gasteiger partial charge in [0.1, 0.15) is 12.3 Å². The molecule has 3 rings (SSSR count). The molecule has 0 aromatic heterocycles. The SMILES string of the molecule is CC1Oc2cc(C(=O)O)ccc2N(CC(=O)N2CCCCC2)C1=O. The number of piperidine rings is 1. The van der Waals surface area contributed by atoms with Crippen molar-refractivity contribution >= 4 is 23.5 Å². The molecule has 0 radical (unpaired) electrons. The summed E-state index contributed by atoms with van der Waals surface area (Å²) in [7, 11) is 0. The second-order valence-corrected chi connectivity index (χ2v) is 6.11. The average molecular weight is 332 g/mol. The molecule has 1 fully saturated rings. The molecule has 7 nitrogen and oxygen atoms in total. The van der Waals surface area contributed by atoms with E-state index in [-0.39, 0.29) is 23.9 Å². The van der Waals surface area contributed by atoms with Crippen LogP contribution in [0.2, 0.25) is 0 Å². The van der Waals surface area contributed by atoms with Crippen molar-refractivity contribution in [2.45, 2.75) is 32.3 Å². The molecule has 0 saturated carbocycles. The second kappa shape index (κ2) is 6.51. The van der Waals surface area contributed by atoms with E-state index in [9.17, 15) is 14.4 Å². The highest BCUT2D eigenvalue weighted by Gasteiger charge is 2.34. The van der Waals surface area contributed by atoms with Gasteiger partial charge in [0.05, 0.1) is 11.3 Å². The Kier molecular flexibility index (Phi) is 4.42. The van der Waals surface area contributed by atoms with Crippen molar-refractivity contribution in [3.8, 4) is 5.75 Å². The van der Waals surface area contributed by atoms with E-state index >= 15 is 0 Å². The van der Waals surface area contributed by atoms with Crippen molar-refractivity contribution in [2.75, 3.05) is 24.5 Å². The Balaban J connectivity index is 1.85. The molecule has 1 N–H and O–H groups in total. The predicted molar refractivity (Wildman–Crippen MR) is 86.3 cm³/mol. The van der Waals surface area contributed by atoms with Gasteiger partial charge in [0.25, 0.3) is 5.91 Å². The molecule has 1 atom stereocenters. The number of carboxylic acids is 1. The summed E-state index contributed by atoms with van der Waals surface area (Å²) in [5, 5.41) is 9.09. The van der Waals surface area contributed by atoms with Crippen molar-refractivity contribution in [3.05, 3.63) is 23.8 Å². The lowest BCUT2D eigenvalue weighted by molar-refractivity contribution is -0.133. The number of rotatable bonds is 3. The minimum absolute atomic E-state index is 0.0497. The normalized spacial score (nSPS) is 20.4. The molecule has 0 spiro atoms. The number of anilines is 1. The van der Waals surface area contributed by atoms with Gasteiger partial charge in [-0.3, -0.25) is 14.5 Å². The number of ether oxygens (including phenoxy) is 1. The van der Waals surface area contributed by atoms with E-state index in [0.29, 0.717) is 11.4 Å². The maximum absolute atomic E-state index is 12.5. The van der Waals surface area contributed by atoms with Gasteiger partial charge in [-0.15, -0.1) is 0 Å². The molecule has 128 valence electrons. The molecule has 1 aromatic rings. The standard InChI is InChI=1S/C17H20N2O5/c1-11-16(21)19(10-15(20)18-7-3-2-4-8-18)13-6-5-12(17(22)23)9-14(13)24-11/h5-6,9,11H,2-4,7-8,10H2,1H3,(H,22,23). The third-order valence-electron chi connectivity index (χ3n) is 4.42. The Morgan fingerprint density at radius 3 is 2.62 bits per heavy atom. The minimum atomic E-state index is -1.07. The van der Waals surface area contributed by atoms with Gasteiger partial charge in [-0.25, -0.2) is 4.79 Å². The van der Waals surface area contributed by atoms with Crippen LogP contribution in [-0.2, 0) is 9.59 Å². The summed E-state index contributed by atoms with van der Waals surface area (Å²) < 4.78 is 5.51. The van der Waals surface area contributed by atoms with E-state index in [4.69, 9.17) is 9.84 Å². The van der Waals surface area contributed by atoms with Crippen molar-refractivity contribution in [3.63, 3.8) is 0 Å². The summed E-state index contributed by atoms with van der Waals surface area (Å²) in [5.41, 5.74) is 0.520. The zero-order valence-electron chi connectivity index (χ0n) is 13.5. The highest BCUT2D eigenvalue weighted by molar-refractivity contribution is 6.04. The van der Waals surface area contributed by atoms with Gasteiger partial charge < -0.3 is 14.7 Å². The van der Waals surface area contributed by atoms with Crippen molar-refractivity contribution in [1.82, 2.24) is 4.90 Å². The molecule has 0 bridgehead atoms. The van der Waals surface area contributed by atoms with Gasteiger partial charge in [-0.2, -0.15) is 0 Å². The third kappa shape index (κ3) is 3.06. The van der Waals surface area contributed by atoms with Crippen LogP contribution in [-0.4, -0.2) is 53.5 Å². The van der Waals surface area contributed by atoms with Gasteiger partial charge in [-0.05, 0) is 44.4 Å². The van der Waals surface area contributed by atoms with Crippen LogP contribution in [0.4, 0.5) is 5.69 Å². The first-order valence-electron chi connectivity index (χ1n) is 8.10. The summed E-state index contributed by atoms with van der Waals surface area (Å²) >= 11 is 0. The van der Waals surface area contributed by atoms with Crippen LogP contribution in [0.25, 0.3) is 0 Å². The number of carbonyl (C=O) groups is 3. The number of hydrogen-bond donors (Lipinski definition) is 1. The van der Waals surface area contributed by atoms with Crippen LogP contribution in [0.3, 0.4) is 0 Å². The monoisotopic (exact) mass is 332 g/mol. The summed E-state index contributed by atoms with van der Waals surface area (Å²) in [5.74, 6) is -1.14. The lowest BCUT2D eigenvalue weighted by atomic mass is 10.1. The number of aromatic carboxylic acids is 1. The highest BCUT2D eigenvalue weighted by atomic mass is 16.5. The van der Waals surface area contributed by atoms with Gasteiger partial charge in [-0.1, -0.05) is 0 Å². The Hall–Kier alpha value is -2.57. The molecular weight excluding hydrogens is 312 g/mol. The average Bonchev–Trinajstić information content (AvgIpc) is 2.59. The number of nitrogens with zero attached hydrogens (tertiary/aromatic N) is 2. The fraction of sp³-hybridized carbons (Fsp3) is 0.471. The fourth-order valence-corrected chi connectivity index (χ4v) is 3.09. The molecule has 1 unspecified atom stereocenters. The molecule has 1 saturated heterocycles. The number of hydrogen-bond acceptors (Lipinski definition) is 4. The van der Waals surface area contributed by atoms with Gasteiger partial charge >= 0.3 is 5.97 Å². The molecule has 2 heterocycles. The lowest BCUT2D eigenvalue weighted by Crippen LogP contribution is -2.50. The van der Waals surface area contributed by atoms with E-state index in [1.807, 2.05) is 0 Å². The minimum Gasteiger partial charge on any atom is -0.479 e. The maximum atomic E-state index is 12.5. The summed E-state index contributed by atoms with van der Waals surface area (Å²) in [6.07, 6.45) is 2.34. The molecular formula is C17H20N2O5. The second-order valence-electron chi connectivity index (χ2n) is 6.11. The molecule has 2 amide bonds. The van der Waals surface area contributed by atoms with E-state index in [1.165, 1.54) is 23.1 Å². The van der Waals surface area contributed by atoms with Crippen LogP contribution < -0.4 is 9.64 Å². The molecule has 0 aliphatic carbocycles. The zero-order chi connectivity index (χ0) is 17.3. The smallest absolute Gasteiger partial charge is 0.335 e. The third-order valence-corrected chi connectivity index (χ3v) is 4.42. The summed E-state index contributed by atoms with van der Waals surface area (Å²) in [6, 6.07) is 4.32. The largest absolute Gasteiger partial charge is 0.479 e. The first-order chi connectivity index (χ1) is 11.5. The van der Waals surface area contributed by atoms with Crippen LogP contribution in [0.1, 0.15) is 36.5 Å². The highest BCUT2D eigenvalue weighted by Crippen LogP contribution is 2.35. The van der Waals surface area contributed by atoms with Crippen LogP contribution >= 0.6 is 0 Å². The van der Waals surface area contributed by atoms with E-state index in [1.54, 1.807) is 11.8 Å². The van der Waals surface area contributed by atoms with E-state index < -0.39 is 12.1 Å². The first kappa shape index (κ1) is 16.3. The molecule has 1 aromatic carbocycles. The number of amides is 2. The number of carboxylic acid groups (broad SMARTS) is 1. The van der Waals surface area contributed by atoms with Crippen LogP contribution in [0, 0.1) is 0 Å². The Labute approximate surface area is 139 Å². The van der Waals surface area contributed by atoms with Crippen molar-refractivity contribution < 1.29 is 24.2 Å². The van der Waals surface area contributed by atoms with Gasteiger partial charge in [0.15, 0.2) is 6.10 Å². The summed E-state index contributed by atoms with van der Waals surface area (Å²) in [6.45, 7) is 2.98. The Morgan fingerprint density at radius 2 is 1.96 bits per heavy atom. The van der Waals surface area contributed by atoms with Crippen molar-refractivity contribution in [1.29, 1.82) is 0 Å². The lowest BCUT2D eigenvalue weighted by Gasteiger charge is -2.35. The fourth-order valence-electron chi connectivity index (χ4n) is 3.09. The Bertz CT molecular complexity index is 682. The summed E-state index contributed by atoms with van der Waals surface area (Å²) in [4.78, 5) is 39.2. The maximum Gasteiger partial charge on any atom is 0.335 e. The zero-order valence-corrected chi connectivity index (χ0v) is 13.5. The topological polar surface area (TPSA) is 87.2 Å². The van der Waals surface area contributed by atoms with Crippen molar-refractivity contribution in [2.24, 2.45) is 0 Å². The molecule has 2 aliphatic rings. The number of carbonyl (C=O) groups excluding carboxylic acids is 2. The first-order valence-corrected chi connectivity index (χ1v) is 8.10. The Morgan fingerprint density at radius 1 is 1.25 bits per heavy atom. The van der Waals surface area contributed by atoms with Crippen LogP contribution in [0.5, 0.6) is 5.75 Å². The molecule has 2 aliphatic heterocycles. The number of likely N-dealkylation sites (tertiary alicyclic amines) is 1. The predicted octanol–water partition coefficient (Wildman–Crippen LogP) is 1.51. The molecule has 7 heteroatoms. The van der Waals surface area contributed by atoms with E-state index in [0.717, 1.165) is 32.4 Å². The van der Waals surface area contributed by atoms with E-state index in [2.05, 4.69) is 0 Å². The van der Waals surface area contributed by atoms with Crippen LogP contribution in [0.15, 0.2) is 18.2 Å². The molecule has 24 heavy (non-hydrogen) atoms. The number of benzene rings is 1. The number of fused-ring (bicyclic) bond motifs is 1. The van der Waals surface area contributed by atoms with Gasteiger partial charge in [0, 0.05) is 13.1 Å². The van der Waals surface area contributed by atoms with Gasteiger partial charge in [0.2, 0.25) is 5.91 Å². The quantitative estimate of drug-likeness (QED) is 0.906.